The third kappa shape index (κ3) is 5.01. The lowest BCUT2D eigenvalue weighted by atomic mass is 10.1. The van der Waals surface area contributed by atoms with Crippen LogP contribution < -0.4 is 10.5 Å². The van der Waals surface area contributed by atoms with Crippen molar-refractivity contribution in [2.24, 2.45) is 11.7 Å². The Bertz CT molecular complexity index is 611. The van der Waals surface area contributed by atoms with Crippen molar-refractivity contribution in [2.45, 2.75) is 12.8 Å². The van der Waals surface area contributed by atoms with Gasteiger partial charge in [-0.25, -0.2) is 0 Å². The van der Waals surface area contributed by atoms with Crippen LogP contribution in [0.3, 0.4) is 0 Å². The highest BCUT2D eigenvalue weighted by molar-refractivity contribution is 5.92. The number of likely N-dealkylation sites (tertiary alicyclic amines) is 1. The molecule has 0 radical (unpaired) electrons. The SMILES string of the molecule is NC(=O)C1CCN(C(=O)C=Cc2ccc(OC(F)(F)F)cc2)C1. The van der Waals surface area contributed by atoms with Gasteiger partial charge in [0.05, 0.1) is 5.92 Å². The highest BCUT2D eigenvalue weighted by atomic mass is 19.4. The molecular formula is C15H15F3N2O3. The summed E-state index contributed by atoms with van der Waals surface area (Å²) in [6.07, 6.45) is -1.40. The van der Waals surface area contributed by atoms with Crippen molar-refractivity contribution in [2.75, 3.05) is 13.1 Å². The molecule has 1 aliphatic rings. The molecule has 1 atom stereocenters. The molecule has 1 aromatic carbocycles. The number of ether oxygens (including phenoxy) is 1. The van der Waals surface area contributed by atoms with E-state index in [4.69, 9.17) is 5.73 Å². The molecule has 2 amide bonds. The molecule has 1 saturated heterocycles. The fraction of sp³-hybridized carbons (Fsp3) is 0.333. The number of benzene rings is 1. The van der Waals surface area contributed by atoms with Gasteiger partial charge in [0.15, 0.2) is 0 Å². The van der Waals surface area contributed by atoms with E-state index in [1.807, 2.05) is 0 Å². The summed E-state index contributed by atoms with van der Waals surface area (Å²) in [4.78, 5) is 24.5. The number of amides is 2. The molecule has 1 aliphatic heterocycles. The monoisotopic (exact) mass is 328 g/mol. The summed E-state index contributed by atoms with van der Waals surface area (Å²) in [6.45, 7) is 0.742. The Morgan fingerprint density at radius 2 is 1.91 bits per heavy atom. The maximum absolute atomic E-state index is 12.0. The van der Waals surface area contributed by atoms with Gasteiger partial charge in [0.2, 0.25) is 11.8 Å². The van der Waals surface area contributed by atoms with Gasteiger partial charge in [-0.1, -0.05) is 12.1 Å². The minimum absolute atomic E-state index is 0.274. The number of carbonyl (C=O) groups is 2. The van der Waals surface area contributed by atoms with Crippen LogP contribution in [0, 0.1) is 5.92 Å². The van der Waals surface area contributed by atoms with Gasteiger partial charge in [-0.05, 0) is 30.2 Å². The van der Waals surface area contributed by atoms with Gasteiger partial charge < -0.3 is 15.4 Å². The van der Waals surface area contributed by atoms with Gasteiger partial charge in [0.1, 0.15) is 5.75 Å². The van der Waals surface area contributed by atoms with Crippen LogP contribution in [0.2, 0.25) is 0 Å². The molecule has 2 rings (SSSR count). The summed E-state index contributed by atoms with van der Waals surface area (Å²) >= 11 is 0. The Hall–Kier alpha value is -2.51. The molecular weight excluding hydrogens is 313 g/mol. The van der Waals surface area contributed by atoms with E-state index in [2.05, 4.69) is 4.74 Å². The zero-order valence-electron chi connectivity index (χ0n) is 12.0. The molecule has 124 valence electrons. The molecule has 0 saturated carbocycles. The Balaban J connectivity index is 1.92. The van der Waals surface area contributed by atoms with Gasteiger partial charge in [-0.15, -0.1) is 13.2 Å². The summed E-state index contributed by atoms with van der Waals surface area (Å²) in [5.41, 5.74) is 5.75. The minimum atomic E-state index is -4.74. The van der Waals surface area contributed by atoms with Crippen LogP contribution in [0.1, 0.15) is 12.0 Å². The van der Waals surface area contributed by atoms with Crippen molar-refractivity contribution in [1.29, 1.82) is 0 Å². The van der Waals surface area contributed by atoms with Gasteiger partial charge in [0, 0.05) is 19.2 Å². The summed E-state index contributed by atoms with van der Waals surface area (Å²) in [7, 11) is 0. The highest BCUT2D eigenvalue weighted by Crippen LogP contribution is 2.23. The Labute approximate surface area is 130 Å². The van der Waals surface area contributed by atoms with E-state index in [1.54, 1.807) is 0 Å². The maximum Gasteiger partial charge on any atom is 0.573 e. The van der Waals surface area contributed by atoms with Crippen molar-refractivity contribution < 1.29 is 27.5 Å². The lowest BCUT2D eigenvalue weighted by Crippen LogP contribution is -2.30. The molecule has 8 heteroatoms. The molecule has 1 heterocycles. The number of alkyl halides is 3. The molecule has 0 aliphatic carbocycles. The largest absolute Gasteiger partial charge is 0.573 e. The van der Waals surface area contributed by atoms with Crippen molar-refractivity contribution in [3.63, 3.8) is 0 Å². The van der Waals surface area contributed by atoms with E-state index >= 15 is 0 Å². The molecule has 0 spiro atoms. The first kappa shape index (κ1) is 16.9. The smallest absolute Gasteiger partial charge is 0.406 e. The van der Waals surface area contributed by atoms with E-state index in [-0.39, 0.29) is 24.1 Å². The van der Waals surface area contributed by atoms with Gasteiger partial charge in [-0.3, -0.25) is 9.59 Å². The number of primary amides is 1. The van der Waals surface area contributed by atoms with E-state index < -0.39 is 12.3 Å². The normalized spacial score (nSPS) is 18.4. The Kier molecular flexibility index (Phi) is 4.92. The van der Waals surface area contributed by atoms with E-state index in [1.165, 1.54) is 29.2 Å². The first-order chi connectivity index (χ1) is 10.7. The molecule has 1 fully saturated rings. The predicted octanol–water partition coefficient (Wildman–Crippen LogP) is 1.93. The van der Waals surface area contributed by atoms with Crippen LogP contribution in [-0.2, 0) is 9.59 Å². The number of carbonyl (C=O) groups excluding carboxylic acids is 2. The predicted molar refractivity (Wildman–Crippen MR) is 76.0 cm³/mol. The second kappa shape index (κ2) is 6.72. The highest BCUT2D eigenvalue weighted by Gasteiger charge is 2.31. The van der Waals surface area contributed by atoms with Crippen LogP contribution in [-0.4, -0.2) is 36.2 Å². The maximum atomic E-state index is 12.0. The van der Waals surface area contributed by atoms with Crippen molar-refractivity contribution in [3.8, 4) is 5.75 Å². The number of rotatable bonds is 4. The number of hydrogen-bond acceptors (Lipinski definition) is 3. The standard InChI is InChI=1S/C15H15F3N2O3/c16-15(17,18)23-12-4-1-10(2-5-12)3-6-13(21)20-8-7-11(9-20)14(19)22/h1-6,11H,7-9H2,(H2,19,22). The van der Waals surface area contributed by atoms with Crippen LogP contribution in [0.4, 0.5) is 13.2 Å². The Morgan fingerprint density at radius 3 is 2.43 bits per heavy atom. The molecule has 1 aromatic rings. The average molecular weight is 328 g/mol. The first-order valence-electron chi connectivity index (χ1n) is 6.87. The Morgan fingerprint density at radius 1 is 1.26 bits per heavy atom. The molecule has 0 bridgehead atoms. The van der Waals surface area contributed by atoms with Gasteiger partial charge in [0.25, 0.3) is 0 Å². The fourth-order valence-electron chi connectivity index (χ4n) is 2.25. The molecule has 2 N–H and O–H groups in total. The van der Waals surface area contributed by atoms with E-state index in [0.717, 1.165) is 12.1 Å². The van der Waals surface area contributed by atoms with Crippen LogP contribution >= 0.6 is 0 Å². The van der Waals surface area contributed by atoms with Crippen LogP contribution in [0.25, 0.3) is 6.08 Å². The zero-order chi connectivity index (χ0) is 17.0. The van der Waals surface area contributed by atoms with Crippen molar-refractivity contribution in [3.05, 3.63) is 35.9 Å². The first-order valence-corrected chi connectivity index (χ1v) is 6.87. The summed E-state index contributed by atoms with van der Waals surface area (Å²) in [5.74, 6) is -1.36. The number of hydrogen-bond donors (Lipinski definition) is 1. The number of nitrogens with zero attached hydrogens (tertiary/aromatic N) is 1. The minimum Gasteiger partial charge on any atom is -0.406 e. The fourth-order valence-corrected chi connectivity index (χ4v) is 2.25. The van der Waals surface area contributed by atoms with E-state index in [0.29, 0.717) is 18.5 Å². The number of nitrogens with two attached hydrogens (primary N) is 1. The molecule has 0 aromatic heterocycles. The third-order valence-corrected chi connectivity index (χ3v) is 3.43. The second-order valence-electron chi connectivity index (χ2n) is 5.12. The quantitative estimate of drug-likeness (QED) is 0.859. The second-order valence-corrected chi connectivity index (χ2v) is 5.12. The zero-order valence-corrected chi connectivity index (χ0v) is 12.0. The summed E-state index contributed by atoms with van der Waals surface area (Å²) < 4.78 is 39.9. The third-order valence-electron chi connectivity index (χ3n) is 3.43. The lowest BCUT2D eigenvalue weighted by Gasteiger charge is -2.13. The molecule has 1 unspecified atom stereocenters. The lowest BCUT2D eigenvalue weighted by molar-refractivity contribution is -0.274. The van der Waals surface area contributed by atoms with Crippen LogP contribution in [0.5, 0.6) is 5.75 Å². The topological polar surface area (TPSA) is 72.6 Å². The number of halogens is 3. The van der Waals surface area contributed by atoms with Crippen molar-refractivity contribution >= 4 is 17.9 Å². The van der Waals surface area contributed by atoms with Crippen molar-refractivity contribution in [1.82, 2.24) is 4.90 Å². The molecule has 5 nitrogen and oxygen atoms in total. The van der Waals surface area contributed by atoms with Gasteiger partial charge in [-0.2, -0.15) is 0 Å². The van der Waals surface area contributed by atoms with Gasteiger partial charge >= 0.3 is 6.36 Å². The summed E-state index contributed by atoms with van der Waals surface area (Å²) in [6, 6.07) is 5.13. The van der Waals surface area contributed by atoms with Crippen LogP contribution in [0.15, 0.2) is 30.3 Å². The molecule has 23 heavy (non-hydrogen) atoms. The summed E-state index contributed by atoms with van der Waals surface area (Å²) in [5, 5.41) is 0. The van der Waals surface area contributed by atoms with E-state index in [9.17, 15) is 22.8 Å². The average Bonchev–Trinajstić information content (AvgIpc) is 2.94.